The van der Waals surface area contributed by atoms with E-state index in [1.807, 2.05) is 11.8 Å². The summed E-state index contributed by atoms with van der Waals surface area (Å²) in [6.45, 7) is 5.60. The zero-order valence-corrected chi connectivity index (χ0v) is 12.5. The van der Waals surface area contributed by atoms with Crippen molar-refractivity contribution in [3.63, 3.8) is 0 Å². The second-order valence-corrected chi connectivity index (χ2v) is 5.96. The number of likely N-dealkylation sites (tertiary alicyclic amines) is 1. The van der Waals surface area contributed by atoms with Crippen LogP contribution >= 0.6 is 0 Å². The van der Waals surface area contributed by atoms with Crippen LogP contribution in [0.3, 0.4) is 0 Å². The van der Waals surface area contributed by atoms with Gasteiger partial charge in [-0.3, -0.25) is 4.79 Å². The van der Waals surface area contributed by atoms with E-state index in [2.05, 4.69) is 0 Å². The Balaban J connectivity index is 1.76. The van der Waals surface area contributed by atoms with Crippen molar-refractivity contribution < 1.29 is 18.7 Å². The molecule has 1 aromatic heterocycles. The van der Waals surface area contributed by atoms with Gasteiger partial charge in [0.25, 0.3) is 5.91 Å². The van der Waals surface area contributed by atoms with Gasteiger partial charge in [0.2, 0.25) is 0 Å². The van der Waals surface area contributed by atoms with E-state index in [0.717, 1.165) is 32.4 Å². The van der Waals surface area contributed by atoms with E-state index in [-0.39, 0.29) is 17.4 Å². The summed E-state index contributed by atoms with van der Waals surface area (Å²) in [5.41, 5.74) is -0.0608. The van der Waals surface area contributed by atoms with Crippen molar-refractivity contribution in [2.75, 3.05) is 32.9 Å². The number of furan rings is 1. The fourth-order valence-corrected chi connectivity index (χ4v) is 3.54. The quantitative estimate of drug-likeness (QED) is 0.855. The summed E-state index contributed by atoms with van der Waals surface area (Å²) in [7, 11) is 0. The van der Waals surface area contributed by atoms with Gasteiger partial charge in [-0.05, 0) is 38.3 Å². The minimum atomic E-state index is -0.0608. The molecule has 2 aliphatic rings. The van der Waals surface area contributed by atoms with Crippen LogP contribution in [0.4, 0.5) is 0 Å². The first-order valence-electron chi connectivity index (χ1n) is 7.77. The summed E-state index contributed by atoms with van der Waals surface area (Å²) in [5.74, 6) is 0.386. The molecule has 5 heteroatoms. The molecule has 2 atom stereocenters. The predicted molar refractivity (Wildman–Crippen MR) is 77.1 cm³/mol. The molecule has 5 nitrogen and oxygen atoms in total. The monoisotopic (exact) mass is 293 g/mol. The summed E-state index contributed by atoms with van der Waals surface area (Å²) < 4.78 is 16.9. The minimum Gasteiger partial charge on any atom is -0.459 e. The molecule has 0 spiro atoms. The molecule has 0 unspecified atom stereocenters. The van der Waals surface area contributed by atoms with Crippen molar-refractivity contribution in [3.05, 3.63) is 24.2 Å². The SMILES string of the molecule is CCOC[C@]12CCCO[C@@H]1CCN(C(=O)c1ccco1)C2. The molecule has 2 aliphatic heterocycles. The zero-order chi connectivity index (χ0) is 14.7. The highest BCUT2D eigenvalue weighted by Gasteiger charge is 2.47. The molecule has 0 saturated carbocycles. The van der Waals surface area contributed by atoms with Crippen LogP contribution in [0.25, 0.3) is 0 Å². The third-order valence-corrected chi connectivity index (χ3v) is 4.60. The first-order valence-corrected chi connectivity index (χ1v) is 7.77. The Labute approximate surface area is 125 Å². The number of hydrogen-bond donors (Lipinski definition) is 0. The van der Waals surface area contributed by atoms with Gasteiger partial charge in [-0.25, -0.2) is 0 Å². The van der Waals surface area contributed by atoms with Crippen LogP contribution in [0, 0.1) is 5.41 Å². The normalized spacial score (nSPS) is 29.2. The van der Waals surface area contributed by atoms with Crippen LogP contribution in [-0.2, 0) is 9.47 Å². The number of carbonyl (C=O) groups is 1. The number of carbonyl (C=O) groups excluding carboxylic acids is 1. The fraction of sp³-hybridized carbons (Fsp3) is 0.688. The van der Waals surface area contributed by atoms with E-state index in [4.69, 9.17) is 13.9 Å². The Bertz CT molecular complexity index is 473. The molecule has 3 rings (SSSR count). The van der Waals surface area contributed by atoms with E-state index in [0.29, 0.717) is 25.5 Å². The largest absolute Gasteiger partial charge is 0.459 e. The summed E-state index contributed by atoms with van der Waals surface area (Å²) in [6, 6.07) is 3.47. The average molecular weight is 293 g/mol. The number of piperidine rings is 1. The summed E-state index contributed by atoms with van der Waals surface area (Å²) in [6.07, 6.45) is 4.71. The number of rotatable bonds is 4. The standard InChI is InChI=1S/C16H23NO4/c1-2-19-12-16-7-4-10-21-14(16)6-8-17(11-16)15(18)13-5-3-9-20-13/h3,5,9,14H,2,4,6-8,10-12H2,1H3/t14-,16-/m1/s1. The lowest BCUT2D eigenvalue weighted by Gasteiger charge is -2.50. The van der Waals surface area contributed by atoms with Crippen LogP contribution in [-0.4, -0.2) is 49.8 Å². The van der Waals surface area contributed by atoms with Crippen molar-refractivity contribution >= 4 is 5.91 Å². The Kier molecular flexibility index (Phi) is 4.31. The van der Waals surface area contributed by atoms with Crippen LogP contribution in [0.5, 0.6) is 0 Å². The topological polar surface area (TPSA) is 51.9 Å². The van der Waals surface area contributed by atoms with Gasteiger partial charge in [0.15, 0.2) is 5.76 Å². The van der Waals surface area contributed by atoms with Gasteiger partial charge in [-0.2, -0.15) is 0 Å². The Hall–Kier alpha value is -1.33. The van der Waals surface area contributed by atoms with Crippen molar-refractivity contribution in [2.45, 2.75) is 32.3 Å². The number of ether oxygens (including phenoxy) is 2. The Morgan fingerprint density at radius 3 is 3.24 bits per heavy atom. The number of nitrogens with zero attached hydrogens (tertiary/aromatic N) is 1. The molecule has 1 aromatic rings. The number of fused-ring (bicyclic) bond motifs is 1. The molecule has 116 valence electrons. The van der Waals surface area contributed by atoms with E-state index in [1.54, 1.807) is 18.4 Å². The molecule has 2 fully saturated rings. The lowest BCUT2D eigenvalue weighted by atomic mass is 9.73. The molecule has 0 radical (unpaired) electrons. The highest BCUT2D eigenvalue weighted by atomic mass is 16.5. The zero-order valence-electron chi connectivity index (χ0n) is 12.5. The smallest absolute Gasteiger partial charge is 0.289 e. The van der Waals surface area contributed by atoms with Crippen molar-refractivity contribution in [1.82, 2.24) is 4.90 Å². The van der Waals surface area contributed by atoms with Gasteiger partial charge in [0, 0.05) is 31.7 Å². The molecule has 0 bridgehead atoms. The molecule has 0 aromatic carbocycles. The Morgan fingerprint density at radius 1 is 1.57 bits per heavy atom. The van der Waals surface area contributed by atoms with E-state index < -0.39 is 0 Å². The van der Waals surface area contributed by atoms with Crippen molar-refractivity contribution in [1.29, 1.82) is 0 Å². The summed E-state index contributed by atoms with van der Waals surface area (Å²) in [4.78, 5) is 14.4. The maximum atomic E-state index is 12.5. The van der Waals surface area contributed by atoms with Crippen LogP contribution in [0.1, 0.15) is 36.7 Å². The van der Waals surface area contributed by atoms with Crippen molar-refractivity contribution in [2.24, 2.45) is 5.41 Å². The Morgan fingerprint density at radius 2 is 2.48 bits per heavy atom. The van der Waals surface area contributed by atoms with Gasteiger partial charge in [-0.15, -0.1) is 0 Å². The van der Waals surface area contributed by atoms with Crippen LogP contribution in [0.15, 0.2) is 22.8 Å². The van der Waals surface area contributed by atoms with E-state index in [1.165, 1.54) is 0 Å². The molecule has 2 saturated heterocycles. The number of hydrogen-bond acceptors (Lipinski definition) is 4. The molecule has 0 aliphatic carbocycles. The summed E-state index contributed by atoms with van der Waals surface area (Å²) >= 11 is 0. The second-order valence-electron chi connectivity index (χ2n) is 5.96. The average Bonchev–Trinajstić information content (AvgIpc) is 3.06. The highest BCUT2D eigenvalue weighted by Crippen LogP contribution is 2.40. The van der Waals surface area contributed by atoms with Crippen LogP contribution in [0.2, 0.25) is 0 Å². The predicted octanol–water partition coefficient (Wildman–Crippen LogP) is 2.33. The van der Waals surface area contributed by atoms with Gasteiger partial charge in [0.05, 0.1) is 19.0 Å². The first-order chi connectivity index (χ1) is 10.2. The van der Waals surface area contributed by atoms with Gasteiger partial charge in [-0.1, -0.05) is 0 Å². The summed E-state index contributed by atoms with van der Waals surface area (Å²) in [5, 5.41) is 0. The molecule has 21 heavy (non-hydrogen) atoms. The molecule has 3 heterocycles. The molecular formula is C16H23NO4. The number of amides is 1. The third kappa shape index (κ3) is 2.85. The van der Waals surface area contributed by atoms with Gasteiger partial charge < -0.3 is 18.8 Å². The third-order valence-electron chi connectivity index (χ3n) is 4.60. The maximum Gasteiger partial charge on any atom is 0.289 e. The van der Waals surface area contributed by atoms with Crippen LogP contribution < -0.4 is 0 Å². The van der Waals surface area contributed by atoms with Gasteiger partial charge >= 0.3 is 0 Å². The molecule has 1 amide bonds. The first kappa shape index (κ1) is 14.6. The van der Waals surface area contributed by atoms with Gasteiger partial charge in [0.1, 0.15) is 0 Å². The van der Waals surface area contributed by atoms with E-state index in [9.17, 15) is 4.79 Å². The molecular weight excluding hydrogens is 270 g/mol. The van der Waals surface area contributed by atoms with E-state index >= 15 is 0 Å². The maximum absolute atomic E-state index is 12.5. The fourth-order valence-electron chi connectivity index (χ4n) is 3.54. The minimum absolute atomic E-state index is 0.0279. The molecule has 0 N–H and O–H groups in total. The lowest BCUT2D eigenvalue weighted by Crippen LogP contribution is -2.58. The van der Waals surface area contributed by atoms with Crippen molar-refractivity contribution in [3.8, 4) is 0 Å². The lowest BCUT2D eigenvalue weighted by molar-refractivity contribution is -0.146. The highest BCUT2D eigenvalue weighted by molar-refractivity contribution is 5.91. The second kappa shape index (κ2) is 6.20.